The van der Waals surface area contributed by atoms with Gasteiger partial charge in [-0.05, 0) is 50.1 Å². The Labute approximate surface area is 222 Å². The van der Waals surface area contributed by atoms with Crippen molar-refractivity contribution in [2.24, 2.45) is 5.10 Å². The van der Waals surface area contributed by atoms with E-state index in [4.69, 9.17) is 20.9 Å². The minimum Gasteiger partial charge on any atom is -0.493 e. The highest BCUT2D eigenvalue weighted by atomic mass is 16.5. The van der Waals surface area contributed by atoms with Crippen molar-refractivity contribution < 1.29 is 14.3 Å². The van der Waals surface area contributed by atoms with Gasteiger partial charge >= 0.3 is 0 Å². The van der Waals surface area contributed by atoms with Crippen molar-refractivity contribution in [2.45, 2.75) is 33.2 Å². The van der Waals surface area contributed by atoms with Crippen LogP contribution in [0.4, 0.5) is 11.8 Å². The summed E-state index contributed by atoms with van der Waals surface area (Å²) in [6.45, 7) is 6.33. The largest absolute Gasteiger partial charge is 0.493 e. The third-order valence-corrected chi connectivity index (χ3v) is 5.99. The van der Waals surface area contributed by atoms with E-state index in [0.717, 1.165) is 27.8 Å². The lowest BCUT2D eigenvalue weighted by Gasteiger charge is -2.29. The number of carbonyl (C=O) groups is 1. The molecule has 2 aromatic carbocycles. The number of aromatic nitrogens is 2. The Hall–Kier alpha value is -4.66. The number of allylic oxidation sites excluding steroid dienone is 1. The van der Waals surface area contributed by atoms with Crippen LogP contribution in [-0.4, -0.2) is 40.8 Å². The smallest absolute Gasteiger partial charge is 0.267 e. The number of rotatable bonds is 8. The summed E-state index contributed by atoms with van der Waals surface area (Å²) in [5.74, 6) is 1.25. The van der Waals surface area contributed by atoms with Gasteiger partial charge in [0, 0.05) is 35.4 Å². The molecule has 9 heteroatoms. The molecule has 4 N–H and O–H groups in total. The van der Waals surface area contributed by atoms with Gasteiger partial charge in [-0.3, -0.25) is 4.79 Å². The molecule has 1 atom stereocenters. The molecule has 1 aromatic heterocycles. The molecular formula is C29H32N6O3. The third-order valence-electron chi connectivity index (χ3n) is 5.99. The number of methoxy groups -OCH3 is 1. The van der Waals surface area contributed by atoms with E-state index >= 15 is 0 Å². The molecular weight excluding hydrogens is 480 g/mol. The maximum absolute atomic E-state index is 13.4. The van der Waals surface area contributed by atoms with Crippen LogP contribution in [0.25, 0.3) is 6.08 Å². The van der Waals surface area contributed by atoms with Gasteiger partial charge in [-0.2, -0.15) is 10.1 Å². The van der Waals surface area contributed by atoms with Crippen LogP contribution in [-0.2, 0) is 11.2 Å². The fourth-order valence-electron chi connectivity index (χ4n) is 4.28. The van der Waals surface area contributed by atoms with Crippen molar-refractivity contribution in [1.82, 2.24) is 15.0 Å². The van der Waals surface area contributed by atoms with Gasteiger partial charge < -0.3 is 20.9 Å². The van der Waals surface area contributed by atoms with Crippen LogP contribution < -0.4 is 20.9 Å². The molecule has 3 aromatic rings. The van der Waals surface area contributed by atoms with Gasteiger partial charge in [0.1, 0.15) is 5.82 Å². The summed E-state index contributed by atoms with van der Waals surface area (Å²) in [4.78, 5) is 21.5. The maximum Gasteiger partial charge on any atom is 0.267 e. The number of fused-ring (bicyclic) bond motifs is 1. The zero-order valence-electron chi connectivity index (χ0n) is 22.0. The summed E-state index contributed by atoms with van der Waals surface area (Å²) >= 11 is 0. The van der Waals surface area contributed by atoms with Crippen molar-refractivity contribution >= 4 is 30.0 Å². The lowest BCUT2D eigenvalue weighted by Crippen LogP contribution is -2.31. The number of benzene rings is 2. The average Bonchev–Trinajstić information content (AvgIpc) is 2.89. The van der Waals surface area contributed by atoms with E-state index in [9.17, 15) is 4.79 Å². The molecule has 38 heavy (non-hydrogen) atoms. The monoisotopic (exact) mass is 512 g/mol. The van der Waals surface area contributed by atoms with Gasteiger partial charge in [-0.25, -0.2) is 9.99 Å². The van der Waals surface area contributed by atoms with E-state index in [1.807, 2.05) is 63.2 Å². The Morgan fingerprint density at radius 1 is 1.18 bits per heavy atom. The number of hydrazone groups is 1. The zero-order valence-corrected chi connectivity index (χ0v) is 22.0. The van der Waals surface area contributed by atoms with Crippen LogP contribution in [0, 0.1) is 0 Å². The summed E-state index contributed by atoms with van der Waals surface area (Å²) in [6.07, 6.45) is 9.02. The molecule has 1 amide bonds. The predicted molar refractivity (Wildman–Crippen MR) is 150 cm³/mol. The average molecular weight is 513 g/mol. The fraction of sp³-hybridized carbons (Fsp3) is 0.241. The van der Waals surface area contributed by atoms with Crippen LogP contribution in [0.3, 0.4) is 0 Å². The first-order valence-electron chi connectivity index (χ1n) is 12.3. The second-order valence-corrected chi connectivity index (χ2v) is 9.04. The van der Waals surface area contributed by atoms with Crippen LogP contribution in [0.1, 0.15) is 54.6 Å². The topological polar surface area (TPSA) is 129 Å². The third kappa shape index (κ3) is 5.83. The number of nitrogen functional groups attached to an aromatic ring is 2. The summed E-state index contributed by atoms with van der Waals surface area (Å²) < 4.78 is 11.5. The van der Waals surface area contributed by atoms with E-state index in [1.165, 1.54) is 11.1 Å². The number of nitrogens with zero attached hydrogens (tertiary/aromatic N) is 4. The number of hydrogen-bond donors (Lipinski definition) is 2. The molecule has 196 valence electrons. The molecule has 1 aliphatic heterocycles. The molecule has 1 unspecified atom stereocenters. The van der Waals surface area contributed by atoms with Crippen LogP contribution in [0.15, 0.2) is 65.4 Å². The molecule has 2 heterocycles. The van der Waals surface area contributed by atoms with Crippen molar-refractivity contribution in [2.75, 3.05) is 25.2 Å². The Bertz CT molecular complexity index is 1430. The minimum absolute atomic E-state index is 0.118. The first-order chi connectivity index (χ1) is 18.3. The molecule has 4 rings (SSSR count). The van der Waals surface area contributed by atoms with Crippen molar-refractivity contribution in [3.63, 3.8) is 0 Å². The lowest BCUT2D eigenvalue weighted by molar-refractivity contribution is -0.127. The molecule has 0 fully saturated rings. The van der Waals surface area contributed by atoms with Gasteiger partial charge in [0.05, 0.1) is 26.0 Å². The fourth-order valence-corrected chi connectivity index (χ4v) is 4.28. The molecule has 9 nitrogen and oxygen atoms in total. The number of carbonyl (C=O) groups excluding carboxylic acids is 1. The number of nitrogens with two attached hydrogens (primary N) is 2. The molecule has 0 saturated heterocycles. The predicted octanol–water partition coefficient (Wildman–Crippen LogP) is 4.54. The summed E-state index contributed by atoms with van der Waals surface area (Å²) in [5, 5.41) is 5.95. The second-order valence-electron chi connectivity index (χ2n) is 9.04. The van der Waals surface area contributed by atoms with E-state index < -0.39 is 0 Å². The van der Waals surface area contributed by atoms with Crippen molar-refractivity contribution in [1.29, 1.82) is 0 Å². The highest BCUT2D eigenvalue weighted by molar-refractivity contribution is 5.95. The standard InChI is InChI=1S/C29H32N6O3/c1-5-38-27-20(13-19(15-25(27)37-4)14-22-16-32-29(31)34-28(22)30)10-11-26(36)35-24(12-18(2)3)23-9-7-6-8-21(23)17-33-35/h6-13,15-17,24H,5,14H2,1-4H3,(H4,30,31,32,34)/b11-10+. The SMILES string of the molecule is CCOc1c(/C=C/C(=O)N2N=Cc3ccccc3C2C=C(C)C)cc(Cc2cnc(N)nc2N)cc1OC. The molecule has 1 aliphatic rings. The number of ether oxygens (including phenoxy) is 2. The Kier molecular flexibility index (Phi) is 8.06. The van der Waals surface area contributed by atoms with Gasteiger partial charge in [0.15, 0.2) is 11.5 Å². The number of hydrogen-bond acceptors (Lipinski definition) is 8. The van der Waals surface area contributed by atoms with Gasteiger partial charge in [-0.15, -0.1) is 0 Å². The molecule has 0 saturated carbocycles. The molecule has 0 bridgehead atoms. The highest BCUT2D eigenvalue weighted by Gasteiger charge is 2.26. The highest BCUT2D eigenvalue weighted by Crippen LogP contribution is 2.36. The first-order valence-corrected chi connectivity index (χ1v) is 12.3. The quantitative estimate of drug-likeness (QED) is 0.335. The maximum atomic E-state index is 13.4. The van der Waals surface area contributed by atoms with Gasteiger partial charge in [-0.1, -0.05) is 35.9 Å². The molecule has 0 radical (unpaired) electrons. The van der Waals surface area contributed by atoms with Crippen LogP contribution >= 0.6 is 0 Å². The Morgan fingerprint density at radius 2 is 1.97 bits per heavy atom. The normalized spacial score (nSPS) is 14.3. The number of amides is 1. The number of anilines is 2. The van der Waals surface area contributed by atoms with E-state index in [1.54, 1.807) is 25.6 Å². The summed E-state index contributed by atoms with van der Waals surface area (Å²) in [6, 6.07) is 11.4. The molecule has 0 spiro atoms. The van der Waals surface area contributed by atoms with Gasteiger partial charge in [0.2, 0.25) is 5.95 Å². The van der Waals surface area contributed by atoms with E-state index in [0.29, 0.717) is 35.9 Å². The minimum atomic E-state index is -0.306. The molecule has 0 aliphatic carbocycles. The van der Waals surface area contributed by atoms with Gasteiger partial charge in [0.25, 0.3) is 5.91 Å². The van der Waals surface area contributed by atoms with Crippen molar-refractivity contribution in [3.05, 3.63) is 88.1 Å². The second kappa shape index (κ2) is 11.6. The van der Waals surface area contributed by atoms with Crippen LogP contribution in [0.2, 0.25) is 0 Å². The van der Waals surface area contributed by atoms with E-state index in [2.05, 4.69) is 15.1 Å². The van der Waals surface area contributed by atoms with Crippen LogP contribution in [0.5, 0.6) is 11.5 Å². The lowest BCUT2D eigenvalue weighted by atomic mass is 9.97. The van der Waals surface area contributed by atoms with E-state index in [-0.39, 0.29) is 17.9 Å². The zero-order chi connectivity index (χ0) is 27.2. The summed E-state index contributed by atoms with van der Waals surface area (Å²) in [7, 11) is 1.57. The first kappa shape index (κ1) is 26.4. The summed E-state index contributed by atoms with van der Waals surface area (Å²) in [5.41, 5.74) is 17.1. The Morgan fingerprint density at radius 3 is 2.68 bits per heavy atom. The Balaban J connectivity index is 1.69. The van der Waals surface area contributed by atoms with Crippen molar-refractivity contribution in [3.8, 4) is 11.5 Å².